The molecule has 0 aliphatic heterocycles. The summed E-state index contributed by atoms with van der Waals surface area (Å²) in [7, 11) is 1.24. The maximum Gasteiger partial charge on any atom is 0.238 e. The standard InChI is InChI=1S/C15H16O6/c1-4-6-10(16)8-9(14(20)12(6)18)15(21-3)13(19)7(5-2)11(8)17/h16-17,19H,4-5H2,1-3H3. The molecule has 0 unspecified atom stereocenters. The van der Waals surface area contributed by atoms with Crippen LogP contribution in [0.5, 0.6) is 17.2 Å². The lowest BCUT2D eigenvalue weighted by Gasteiger charge is -2.23. The van der Waals surface area contributed by atoms with Crippen LogP contribution in [-0.4, -0.2) is 34.0 Å². The van der Waals surface area contributed by atoms with Crippen molar-refractivity contribution < 1.29 is 29.6 Å². The fourth-order valence-corrected chi connectivity index (χ4v) is 2.57. The van der Waals surface area contributed by atoms with Gasteiger partial charge in [-0.05, 0) is 12.8 Å². The second-order valence-corrected chi connectivity index (χ2v) is 4.65. The maximum atomic E-state index is 12.2. The summed E-state index contributed by atoms with van der Waals surface area (Å²) in [4.78, 5) is 24.2. The summed E-state index contributed by atoms with van der Waals surface area (Å²) in [6.07, 6.45) is 0.415. The van der Waals surface area contributed by atoms with Gasteiger partial charge in [-0.3, -0.25) is 9.59 Å². The van der Waals surface area contributed by atoms with Gasteiger partial charge in [-0.1, -0.05) is 13.8 Å². The predicted octanol–water partition coefficient (Wildman–Crippen LogP) is 2.11. The average Bonchev–Trinajstić information content (AvgIpc) is 2.45. The van der Waals surface area contributed by atoms with E-state index in [0.29, 0.717) is 0 Å². The van der Waals surface area contributed by atoms with Crippen LogP contribution in [0.3, 0.4) is 0 Å². The molecule has 21 heavy (non-hydrogen) atoms. The highest BCUT2D eigenvalue weighted by Crippen LogP contribution is 2.48. The van der Waals surface area contributed by atoms with Crippen LogP contribution in [0.15, 0.2) is 5.57 Å². The Labute approximate surface area is 121 Å². The van der Waals surface area contributed by atoms with Crippen molar-refractivity contribution >= 4 is 17.3 Å². The van der Waals surface area contributed by atoms with E-state index in [1.807, 2.05) is 0 Å². The number of methoxy groups -OCH3 is 1. The third kappa shape index (κ3) is 1.86. The van der Waals surface area contributed by atoms with Gasteiger partial charge >= 0.3 is 0 Å². The predicted molar refractivity (Wildman–Crippen MR) is 74.9 cm³/mol. The summed E-state index contributed by atoms with van der Waals surface area (Å²) in [6, 6.07) is 0. The molecule has 112 valence electrons. The number of hydrogen-bond acceptors (Lipinski definition) is 6. The molecule has 1 aliphatic carbocycles. The molecule has 0 radical (unpaired) electrons. The molecule has 0 bridgehead atoms. The number of aromatic hydroxyl groups is 2. The van der Waals surface area contributed by atoms with Crippen molar-refractivity contribution in [2.45, 2.75) is 26.7 Å². The van der Waals surface area contributed by atoms with Crippen molar-refractivity contribution in [1.29, 1.82) is 0 Å². The van der Waals surface area contributed by atoms with Crippen LogP contribution in [0.4, 0.5) is 0 Å². The van der Waals surface area contributed by atoms with Crippen molar-refractivity contribution in [3.8, 4) is 17.2 Å². The summed E-state index contributed by atoms with van der Waals surface area (Å²) in [6.45, 7) is 3.31. The van der Waals surface area contributed by atoms with Crippen molar-refractivity contribution in [2.24, 2.45) is 0 Å². The SMILES string of the molecule is CCC1=C(O)c2c(O)c(CC)c(O)c(OC)c2C(=O)C1=O. The minimum absolute atomic E-state index is 0.0578. The zero-order chi connectivity index (χ0) is 15.9. The van der Waals surface area contributed by atoms with Crippen LogP contribution in [-0.2, 0) is 11.2 Å². The number of aliphatic hydroxyl groups is 1. The number of allylic oxidation sites excluding steroid dienone is 1. The molecule has 1 aromatic carbocycles. The zero-order valence-electron chi connectivity index (χ0n) is 12.0. The normalized spacial score (nSPS) is 14.4. The summed E-state index contributed by atoms with van der Waals surface area (Å²) in [5.41, 5.74) is -0.361. The lowest BCUT2D eigenvalue weighted by atomic mass is 9.84. The lowest BCUT2D eigenvalue weighted by molar-refractivity contribution is -0.112. The Morgan fingerprint density at radius 1 is 0.905 bits per heavy atom. The summed E-state index contributed by atoms with van der Waals surface area (Å²) in [5.74, 6) is -3.23. The number of fused-ring (bicyclic) bond motifs is 1. The molecule has 6 nitrogen and oxygen atoms in total. The Bertz CT molecular complexity index is 684. The Morgan fingerprint density at radius 3 is 2.00 bits per heavy atom. The monoisotopic (exact) mass is 292 g/mol. The van der Waals surface area contributed by atoms with Crippen LogP contribution >= 0.6 is 0 Å². The fraction of sp³-hybridized carbons (Fsp3) is 0.333. The van der Waals surface area contributed by atoms with E-state index < -0.39 is 28.8 Å². The van der Waals surface area contributed by atoms with E-state index in [9.17, 15) is 24.9 Å². The number of rotatable bonds is 3. The summed E-state index contributed by atoms with van der Waals surface area (Å²) in [5, 5.41) is 30.6. The highest BCUT2D eigenvalue weighted by Gasteiger charge is 2.39. The van der Waals surface area contributed by atoms with Crippen LogP contribution in [0.1, 0.15) is 41.8 Å². The van der Waals surface area contributed by atoms with Crippen LogP contribution in [0.25, 0.3) is 5.76 Å². The molecule has 1 aromatic rings. The molecule has 0 fully saturated rings. The molecular formula is C15H16O6. The van der Waals surface area contributed by atoms with Crippen LogP contribution < -0.4 is 4.74 Å². The minimum atomic E-state index is -0.912. The van der Waals surface area contributed by atoms with Gasteiger partial charge in [0, 0.05) is 11.1 Å². The van der Waals surface area contributed by atoms with E-state index >= 15 is 0 Å². The van der Waals surface area contributed by atoms with Crippen molar-refractivity contribution in [3.63, 3.8) is 0 Å². The molecule has 0 amide bonds. The molecule has 0 heterocycles. The van der Waals surface area contributed by atoms with E-state index in [-0.39, 0.29) is 40.9 Å². The zero-order valence-corrected chi connectivity index (χ0v) is 12.0. The van der Waals surface area contributed by atoms with E-state index in [0.717, 1.165) is 0 Å². The number of benzene rings is 1. The van der Waals surface area contributed by atoms with Gasteiger partial charge in [0.05, 0.1) is 18.2 Å². The molecule has 2 rings (SSSR count). The largest absolute Gasteiger partial charge is 0.507 e. The number of phenols is 2. The third-order valence-corrected chi connectivity index (χ3v) is 3.64. The Morgan fingerprint density at radius 2 is 1.52 bits per heavy atom. The second kappa shape index (κ2) is 5.12. The Balaban J connectivity index is 2.99. The molecule has 0 atom stereocenters. The third-order valence-electron chi connectivity index (χ3n) is 3.64. The Kier molecular flexibility index (Phi) is 3.63. The van der Waals surface area contributed by atoms with E-state index in [2.05, 4.69) is 0 Å². The quantitative estimate of drug-likeness (QED) is 0.737. The molecule has 0 spiro atoms. The van der Waals surface area contributed by atoms with Crippen LogP contribution in [0, 0.1) is 0 Å². The van der Waals surface area contributed by atoms with Crippen molar-refractivity contribution in [3.05, 3.63) is 22.3 Å². The number of aliphatic hydroxyl groups excluding tert-OH is 1. The molecule has 0 saturated carbocycles. The number of ether oxygens (including phenoxy) is 1. The lowest BCUT2D eigenvalue weighted by Crippen LogP contribution is -2.25. The van der Waals surface area contributed by atoms with Gasteiger partial charge in [0.15, 0.2) is 11.5 Å². The van der Waals surface area contributed by atoms with Crippen LogP contribution in [0.2, 0.25) is 0 Å². The number of ketones is 2. The number of carbonyl (C=O) groups excluding carboxylic acids is 2. The van der Waals surface area contributed by atoms with Gasteiger partial charge in [0.2, 0.25) is 11.6 Å². The molecule has 6 heteroatoms. The van der Waals surface area contributed by atoms with Gasteiger partial charge in [-0.15, -0.1) is 0 Å². The summed E-state index contributed by atoms with van der Waals surface area (Å²) < 4.78 is 5.01. The number of hydrogen-bond donors (Lipinski definition) is 3. The molecule has 1 aliphatic rings. The van der Waals surface area contributed by atoms with E-state index in [1.165, 1.54) is 7.11 Å². The Hall–Kier alpha value is -2.50. The number of Topliss-reactive ketones (excluding diaryl/α,β-unsaturated/α-hetero) is 2. The van der Waals surface area contributed by atoms with Gasteiger partial charge < -0.3 is 20.1 Å². The smallest absolute Gasteiger partial charge is 0.238 e. The maximum absolute atomic E-state index is 12.2. The fourth-order valence-electron chi connectivity index (χ4n) is 2.57. The molecule has 0 aromatic heterocycles. The highest BCUT2D eigenvalue weighted by atomic mass is 16.5. The van der Waals surface area contributed by atoms with Gasteiger partial charge in [0.25, 0.3) is 0 Å². The summed E-state index contributed by atoms with van der Waals surface area (Å²) >= 11 is 0. The van der Waals surface area contributed by atoms with Gasteiger partial charge in [0.1, 0.15) is 11.5 Å². The topological polar surface area (TPSA) is 104 Å². The first-order valence-corrected chi connectivity index (χ1v) is 6.56. The van der Waals surface area contributed by atoms with E-state index in [1.54, 1.807) is 13.8 Å². The first-order valence-electron chi connectivity index (χ1n) is 6.56. The van der Waals surface area contributed by atoms with Crippen molar-refractivity contribution in [2.75, 3.05) is 7.11 Å². The molecule has 0 saturated heterocycles. The second-order valence-electron chi connectivity index (χ2n) is 4.65. The van der Waals surface area contributed by atoms with E-state index in [4.69, 9.17) is 4.74 Å². The average molecular weight is 292 g/mol. The van der Waals surface area contributed by atoms with Gasteiger partial charge in [-0.2, -0.15) is 0 Å². The van der Waals surface area contributed by atoms with Crippen molar-refractivity contribution in [1.82, 2.24) is 0 Å². The number of carbonyl (C=O) groups is 2. The highest BCUT2D eigenvalue weighted by molar-refractivity contribution is 6.53. The number of phenolic OH excluding ortho intramolecular Hbond substituents is 2. The first-order chi connectivity index (χ1) is 9.90. The molecule has 3 N–H and O–H groups in total. The first kappa shape index (κ1) is 14.9. The van der Waals surface area contributed by atoms with Gasteiger partial charge in [-0.25, -0.2) is 0 Å². The minimum Gasteiger partial charge on any atom is -0.507 e. The molecular weight excluding hydrogens is 276 g/mol.